The summed E-state index contributed by atoms with van der Waals surface area (Å²) in [5.41, 5.74) is 3.83. The second kappa shape index (κ2) is 5.35. The predicted octanol–water partition coefficient (Wildman–Crippen LogP) is 3.01. The van der Waals surface area contributed by atoms with Crippen LogP contribution in [0.25, 0.3) is 5.78 Å². The second-order valence-electron chi connectivity index (χ2n) is 5.48. The van der Waals surface area contributed by atoms with Gasteiger partial charge in [0, 0.05) is 29.3 Å². The highest BCUT2D eigenvalue weighted by atomic mass is 79.9. The van der Waals surface area contributed by atoms with Crippen molar-refractivity contribution in [1.29, 1.82) is 0 Å². The Hall–Kier alpha value is -1.95. The summed E-state index contributed by atoms with van der Waals surface area (Å²) in [6, 6.07) is 8.56. The average molecular weight is 358 g/mol. The molecule has 112 valence electrons. The molecule has 1 aliphatic rings. The molecule has 6 heteroatoms. The Labute approximate surface area is 137 Å². The van der Waals surface area contributed by atoms with Gasteiger partial charge in [-0.05, 0) is 30.0 Å². The third-order valence-electron chi connectivity index (χ3n) is 4.19. The molecule has 0 spiro atoms. The van der Waals surface area contributed by atoms with Crippen LogP contribution in [0.2, 0.25) is 0 Å². The standard InChI is InChI=1S/C16H16BrN5/c1-2-12-8-15(22-16(20-12)18-10-19-22)21-7-6-11-4-3-5-14(17)13(11)9-21/h3-5,8,10H,2,6-7,9H2,1H3. The highest BCUT2D eigenvalue weighted by Crippen LogP contribution is 2.29. The number of rotatable bonds is 2. The fourth-order valence-electron chi connectivity index (χ4n) is 2.99. The first-order valence-electron chi connectivity index (χ1n) is 7.47. The highest BCUT2D eigenvalue weighted by molar-refractivity contribution is 9.10. The lowest BCUT2D eigenvalue weighted by molar-refractivity contribution is 0.698. The molecule has 2 aromatic heterocycles. The molecule has 5 nitrogen and oxygen atoms in total. The topological polar surface area (TPSA) is 46.3 Å². The third kappa shape index (κ3) is 2.18. The summed E-state index contributed by atoms with van der Waals surface area (Å²) in [6.07, 6.45) is 3.50. The van der Waals surface area contributed by atoms with Crippen LogP contribution in [-0.4, -0.2) is 26.1 Å². The zero-order valence-corrected chi connectivity index (χ0v) is 13.9. The molecule has 0 saturated carbocycles. The molecule has 0 fully saturated rings. The second-order valence-corrected chi connectivity index (χ2v) is 6.33. The lowest BCUT2D eigenvalue weighted by Gasteiger charge is -2.31. The quantitative estimate of drug-likeness (QED) is 0.707. The Kier molecular flexibility index (Phi) is 3.33. The minimum absolute atomic E-state index is 0.673. The van der Waals surface area contributed by atoms with E-state index in [4.69, 9.17) is 0 Å². The van der Waals surface area contributed by atoms with Crippen molar-refractivity contribution in [3.63, 3.8) is 0 Å². The number of hydrogen-bond donors (Lipinski definition) is 0. The zero-order valence-electron chi connectivity index (χ0n) is 12.3. The number of aromatic nitrogens is 4. The smallest absolute Gasteiger partial charge is 0.254 e. The van der Waals surface area contributed by atoms with Gasteiger partial charge in [0.2, 0.25) is 0 Å². The predicted molar refractivity (Wildman–Crippen MR) is 89.1 cm³/mol. The Balaban J connectivity index is 1.80. The van der Waals surface area contributed by atoms with Crippen LogP contribution in [0.3, 0.4) is 0 Å². The van der Waals surface area contributed by atoms with E-state index in [2.05, 4.69) is 67.1 Å². The Morgan fingerprint density at radius 1 is 1.32 bits per heavy atom. The molecule has 3 aromatic rings. The maximum absolute atomic E-state index is 4.52. The molecule has 0 atom stereocenters. The minimum atomic E-state index is 0.673. The van der Waals surface area contributed by atoms with E-state index < -0.39 is 0 Å². The summed E-state index contributed by atoms with van der Waals surface area (Å²) in [4.78, 5) is 11.1. The van der Waals surface area contributed by atoms with Gasteiger partial charge in [0.15, 0.2) is 0 Å². The van der Waals surface area contributed by atoms with Crippen molar-refractivity contribution in [2.24, 2.45) is 0 Å². The largest absolute Gasteiger partial charge is 0.352 e. The number of benzene rings is 1. The normalized spacial score (nSPS) is 14.4. The van der Waals surface area contributed by atoms with Crippen molar-refractivity contribution < 1.29 is 0 Å². The first kappa shape index (κ1) is 13.7. The molecule has 0 bridgehead atoms. The van der Waals surface area contributed by atoms with Crippen molar-refractivity contribution in [1.82, 2.24) is 19.6 Å². The number of anilines is 1. The summed E-state index contributed by atoms with van der Waals surface area (Å²) in [5, 5.41) is 4.34. The van der Waals surface area contributed by atoms with Gasteiger partial charge in [-0.15, -0.1) is 0 Å². The molecule has 0 N–H and O–H groups in total. The average Bonchev–Trinajstić information content (AvgIpc) is 3.02. The van der Waals surface area contributed by atoms with Crippen LogP contribution in [0.15, 0.2) is 35.1 Å². The van der Waals surface area contributed by atoms with E-state index in [1.807, 2.05) is 4.52 Å². The number of aryl methyl sites for hydroxylation is 1. The molecule has 1 aromatic carbocycles. The maximum atomic E-state index is 4.52. The lowest BCUT2D eigenvalue weighted by atomic mass is 10.00. The summed E-state index contributed by atoms with van der Waals surface area (Å²) < 4.78 is 3.01. The molecule has 3 heterocycles. The van der Waals surface area contributed by atoms with Crippen molar-refractivity contribution in [3.8, 4) is 0 Å². The monoisotopic (exact) mass is 357 g/mol. The molecule has 1 aliphatic heterocycles. The highest BCUT2D eigenvalue weighted by Gasteiger charge is 2.21. The molecular formula is C16H16BrN5. The molecule has 0 amide bonds. The van der Waals surface area contributed by atoms with Crippen LogP contribution in [0.4, 0.5) is 5.82 Å². The van der Waals surface area contributed by atoms with Gasteiger partial charge in [-0.3, -0.25) is 0 Å². The van der Waals surface area contributed by atoms with Crippen LogP contribution in [-0.2, 0) is 19.4 Å². The first-order valence-corrected chi connectivity index (χ1v) is 8.26. The molecule has 0 unspecified atom stereocenters. The molecule has 0 radical (unpaired) electrons. The van der Waals surface area contributed by atoms with Crippen LogP contribution in [0, 0.1) is 0 Å². The molecule has 4 rings (SSSR count). The Morgan fingerprint density at radius 2 is 2.23 bits per heavy atom. The van der Waals surface area contributed by atoms with Gasteiger partial charge in [-0.2, -0.15) is 14.6 Å². The van der Waals surface area contributed by atoms with E-state index in [0.717, 1.165) is 37.4 Å². The van der Waals surface area contributed by atoms with E-state index in [-0.39, 0.29) is 0 Å². The fraction of sp³-hybridized carbons (Fsp3) is 0.312. The molecule has 22 heavy (non-hydrogen) atoms. The van der Waals surface area contributed by atoms with Gasteiger partial charge in [0.1, 0.15) is 12.1 Å². The van der Waals surface area contributed by atoms with Crippen molar-refractivity contribution >= 4 is 27.5 Å². The number of hydrogen-bond acceptors (Lipinski definition) is 4. The van der Waals surface area contributed by atoms with Crippen molar-refractivity contribution in [3.05, 3.63) is 51.9 Å². The van der Waals surface area contributed by atoms with Crippen LogP contribution in [0.5, 0.6) is 0 Å². The van der Waals surface area contributed by atoms with E-state index in [0.29, 0.717) is 5.78 Å². The Morgan fingerprint density at radius 3 is 3.09 bits per heavy atom. The van der Waals surface area contributed by atoms with E-state index >= 15 is 0 Å². The molecule has 0 saturated heterocycles. The number of fused-ring (bicyclic) bond motifs is 2. The molecule has 0 aliphatic carbocycles. The first-order chi connectivity index (χ1) is 10.8. The van der Waals surface area contributed by atoms with E-state index in [1.54, 1.807) is 6.33 Å². The van der Waals surface area contributed by atoms with Gasteiger partial charge in [0.05, 0.1) is 0 Å². The molecular weight excluding hydrogens is 342 g/mol. The van der Waals surface area contributed by atoms with Gasteiger partial charge >= 0.3 is 0 Å². The number of halogens is 1. The number of nitrogens with zero attached hydrogens (tertiary/aromatic N) is 5. The Bertz CT molecular complexity index is 842. The maximum Gasteiger partial charge on any atom is 0.254 e. The zero-order chi connectivity index (χ0) is 15.1. The fourth-order valence-corrected chi connectivity index (χ4v) is 3.52. The minimum Gasteiger partial charge on any atom is -0.352 e. The summed E-state index contributed by atoms with van der Waals surface area (Å²) in [5.74, 6) is 1.74. The summed E-state index contributed by atoms with van der Waals surface area (Å²) in [6.45, 7) is 3.96. The van der Waals surface area contributed by atoms with Crippen LogP contribution in [0.1, 0.15) is 23.7 Å². The summed E-state index contributed by atoms with van der Waals surface area (Å²) in [7, 11) is 0. The SMILES string of the molecule is CCc1cc(N2CCc3cccc(Br)c3C2)n2ncnc2n1. The van der Waals surface area contributed by atoms with Crippen molar-refractivity contribution in [2.45, 2.75) is 26.3 Å². The summed E-state index contributed by atoms with van der Waals surface area (Å²) >= 11 is 3.68. The van der Waals surface area contributed by atoms with Gasteiger partial charge in [0.25, 0.3) is 5.78 Å². The van der Waals surface area contributed by atoms with Crippen LogP contribution >= 0.6 is 15.9 Å². The van der Waals surface area contributed by atoms with Gasteiger partial charge in [-0.1, -0.05) is 35.0 Å². The van der Waals surface area contributed by atoms with Crippen molar-refractivity contribution in [2.75, 3.05) is 11.4 Å². The third-order valence-corrected chi connectivity index (χ3v) is 4.93. The van der Waals surface area contributed by atoms with E-state index in [9.17, 15) is 0 Å². The van der Waals surface area contributed by atoms with Crippen LogP contribution < -0.4 is 4.90 Å². The lowest BCUT2D eigenvalue weighted by Crippen LogP contribution is -2.32. The van der Waals surface area contributed by atoms with Gasteiger partial charge in [-0.25, -0.2) is 4.98 Å². The van der Waals surface area contributed by atoms with E-state index in [1.165, 1.54) is 15.6 Å². The van der Waals surface area contributed by atoms with Gasteiger partial charge < -0.3 is 4.90 Å².